The average molecular weight is 249 g/mol. The Labute approximate surface area is 109 Å². The molecule has 0 aliphatic carbocycles. The first-order chi connectivity index (χ1) is 8.79. The van der Waals surface area contributed by atoms with E-state index in [0.29, 0.717) is 19.1 Å². The molecular weight excluding hydrogens is 226 g/mol. The topological polar surface area (TPSA) is 30.5 Å². The molecule has 1 aliphatic rings. The van der Waals surface area contributed by atoms with E-state index in [1.807, 2.05) is 0 Å². The molecule has 2 rings (SSSR count). The molecule has 18 heavy (non-hydrogen) atoms. The van der Waals surface area contributed by atoms with Crippen molar-refractivity contribution >= 4 is 0 Å². The fourth-order valence-electron chi connectivity index (χ4n) is 2.49. The van der Waals surface area contributed by atoms with Crippen molar-refractivity contribution in [3.8, 4) is 5.75 Å². The number of benzene rings is 1. The molecule has 0 saturated carbocycles. The third-order valence-corrected chi connectivity index (χ3v) is 3.44. The van der Waals surface area contributed by atoms with Gasteiger partial charge in [0.05, 0.1) is 6.61 Å². The summed E-state index contributed by atoms with van der Waals surface area (Å²) in [7, 11) is 1.69. The number of aryl methyl sites for hydroxylation is 1. The molecule has 100 valence electrons. The average Bonchev–Trinajstić information content (AvgIpc) is 2.39. The van der Waals surface area contributed by atoms with Gasteiger partial charge < -0.3 is 14.8 Å². The van der Waals surface area contributed by atoms with Crippen molar-refractivity contribution in [1.29, 1.82) is 0 Å². The van der Waals surface area contributed by atoms with E-state index in [4.69, 9.17) is 9.47 Å². The molecule has 1 aliphatic heterocycles. The summed E-state index contributed by atoms with van der Waals surface area (Å²) in [5.41, 5.74) is 2.70. The van der Waals surface area contributed by atoms with Gasteiger partial charge in [-0.3, -0.25) is 0 Å². The van der Waals surface area contributed by atoms with Gasteiger partial charge in [0, 0.05) is 7.11 Å². The minimum absolute atomic E-state index is 0.617. The number of ether oxygens (including phenoxy) is 2. The highest BCUT2D eigenvalue weighted by Gasteiger charge is 2.16. The number of piperidine rings is 1. The number of nitrogens with one attached hydrogen (secondary N) is 1. The fraction of sp³-hybridized carbons (Fsp3) is 0.600. The van der Waals surface area contributed by atoms with E-state index in [1.54, 1.807) is 7.11 Å². The van der Waals surface area contributed by atoms with Crippen molar-refractivity contribution in [2.45, 2.75) is 25.7 Å². The largest absolute Gasteiger partial charge is 0.491 e. The molecule has 1 saturated heterocycles. The van der Waals surface area contributed by atoms with E-state index in [2.05, 4.69) is 30.4 Å². The molecule has 0 spiro atoms. The highest BCUT2D eigenvalue weighted by molar-refractivity contribution is 5.36. The third kappa shape index (κ3) is 3.72. The molecule has 1 heterocycles. The predicted molar refractivity (Wildman–Crippen MR) is 73.4 cm³/mol. The Kier molecular flexibility index (Phi) is 5.02. The molecule has 1 N–H and O–H groups in total. The lowest BCUT2D eigenvalue weighted by Crippen LogP contribution is -2.26. The summed E-state index contributed by atoms with van der Waals surface area (Å²) in [6.45, 7) is 5.63. The van der Waals surface area contributed by atoms with Crippen LogP contribution in [-0.2, 0) is 4.74 Å². The Morgan fingerprint density at radius 3 is 2.67 bits per heavy atom. The molecule has 1 fully saturated rings. The van der Waals surface area contributed by atoms with Crippen LogP contribution in [-0.4, -0.2) is 33.4 Å². The first-order valence-electron chi connectivity index (χ1n) is 6.73. The van der Waals surface area contributed by atoms with Gasteiger partial charge >= 0.3 is 0 Å². The smallest absolute Gasteiger partial charge is 0.119 e. The van der Waals surface area contributed by atoms with E-state index in [1.165, 1.54) is 24.0 Å². The van der Waals surface area contributed by atoms with Gasteiger partial charge in [0.1, 0.15) is 12.4 Å². The van der Waals surface area contributed by atoms with Crippen molar-refractivity contribution in [2.75, 3.05) is 33.4 Å². The van der Waals surface area contributed by atoms with Crippen molar-refractivity contribution in [3.05, 3.63) is 29.3 Å². The van der Waals surface area contributed by atoms with Gasteiger partial charge in [0.15, 0.2) is 0 Å². The van der Waals surface area contributed by atoms with E-state index < -0.39 is 0 Å². The lowest BCUT2D eigenvalue weighted by Gasteiger charge is -2.23. The molecule has 1 aromatic carbocycles. The molecule has 0 amide bonds. The molecule has 0 atom stereocenters. The first kappa shape index (κ1) is 13.4. The van der Waals surface area contributed by atoms with E-state index in [0.717, 1.165) is 18.8 Å². The van der Waals surface area contributed by atoms with Crippen LogP contribution in [0.25, 0.3) is 0 Å². The first-order valence-corrected chi connectivity index (χ1v) is 6.73. The monoisotopic (exact) mass is 249 g/mol. The molecular formula is C15H23NO2. The summed E-state index contributed by atoms with van der Waals surface area (Å²) in [6, 6.07) is 6.58. The third-order valence-electron chi connectivity index (χ3n) is 3.44. The molecule has 0 unspecified atom stereocenters. The minimum Gasteiger partial charge on any atom is -0.491 e. The van der Waals surface area contributed by atoms with E-state index in [9.17, 15) is 0 Å². The van der Waals surface area contributed by atoms with Crippen LogP contribution in [0, 0.1) is 6.92 Å². The Hall–Kier alpha value is -1.06. The van der Waals surface area contributed by atoms with Gasteiger partial charge in [-0.1, -0.05) is 6.07 Å². The summed E-state index contributed by atoms with van der Waals surface area (Å²) in [4.78, 5) is 0. The van der Waals surface area contributed by atoms with E-state index >= 15 is 0 Å². The summed E-state index contributed by atoms with van der Waals surface area (Å²) < 4.78 is 10.7. The van der Waals surface area contributed by atoms with Crippen LogP contribution in [0.3, 0.4) is 0 Å². The lowest BCUT2D eigenvalue weighted by atomic mass is 9.89. The second-order valence-electron chi connectivity index (χ2n) is 4.94. The van der Waals surface area contributed by atoms with Crippen molar-refractivity contribution in [2.24, 2.45) is 0 Å². The zero-order chi connectivity index (χ0) is 12.8. The van der Waals surface area contributed by atoms with Gasteiger partial charge in [-0.25, -0.2) is 0 Å². The highest BCUT2D eigenvalue weighted by atomic mass is 16.5. The Bertz CT molecular complexity index is 373. The Morgan fingerprint density at radius 1 is 1.17 bits per heavy atom. The summed E-state index contributed by atoms with van der Waals surface area (Å²) in [6.07, 6.45) is 2.45. The standard InChI is InChI=1S/C15H23NO2/c1-12-9-14(13-3-5-16-6-4-13)11-15(10-12)18-8-7-17-2/h9-11,13,16H,3-8H2,1-2H3. The van der Waals surface area contributed by atoms with Gasteiger partial charge in [-0.2, -0.15) is 0 Å². The second kappa shape index (κ2) is 6.76. The van der Waals surface area contributed by atoms with Crippen LogP contribution in [0.1, 0.15) is 29.9 Å². The summed E-state index contributed by atoms with van der Waals surface area (Å²) in [5, 5.41) is 3.41. The van der Waals surface area contributed by atoms with Crippen LogP contribution in [0.5, 0.6) is 5.75 Å². The number of hydrogen-bond donors (Lipinski definition) is 1. The molecule has 0 aromatic heterocycles. The minimum atomic E-state index is 0.617. The van der Waals surface area contributed by atoms with Gasteiger partial charge in [0.25, 0.3) is 0 Å². The Balaban J connectivity index is 2.05. The summed E-state index contributed by atoms with van der Waals surface area (Å²) in [5.74, 6) is 1.65. The van der Waals surface area contributed by atoms with Gasteiger partial charge in [-0.15, -0.1) is 0 Å². The van der Waals surface area contributed by atoms with E-state index in [-0.39, 0.29) is 0 Å². The van der Waals surface area contributed by atoms with Crippen LogP contribution >= 0.6 is 0 Å². The maximum Gasteiger partial charge on any atom is 0.119 e. The molecule has 0 bridgehead atoms. The van der Waals surface area contributed by atoms with Crippen molar-refractivity contribution in [3.63, 3.8) is 0 Å². The second-order valence-corrected chi connectivity index (χ2v) is 4.94. The number of hydrogen-bond acceptors (Lipinski definition) is 3. The fourth-order valence-corrected chi connectivity index (χ4v) is 2.49. The normalized spacial score (nSPS) is 16.8. The zero-order valence-electron chi connectivity index (χ0n) is 11.4. The molecule has 0 radical (unpaired) electrons. The molecule has 1 aromatic rings. The van der Waals surface area contributed by atoms with Crippen LogP contribution < -0.4 is 10.1 Å². The SMILES string of the molecule is COCCOc1cc(C)cc(C2CCNCC2)c1. The molecule has 3 heteroatoms. The highest BCUT2D eigenvalue weighted by Crippen LogP contribution is 2.29. The number of rotatable bonds is 5. The van der Waals surface area contributed by atoms with Crippen molar-refractivity contribution in [1.82, 2.24) is 5.32 Å². The van der Waals surface area contributed by atoms with Gasteiger partial charge in [0.2, 0.25) is 0 Å². The summed E-state index contributed by atoms with van der Waals surface area (Å²) >= 11 is 0. The number of methoxy groups -OCH3 is 1. The van der Waals surface area contributed by atoms with Crippen molar-refractivity contribution < 1.29 is 9.47 Å². The van der Waals surface area contributed by atoms with Crippen LogP contribution in [0.2, 0.25) is 0 Å². The molecule has 3 nitrogen and oxygen atoms in total. The quantitative estimate of drug-likeness (QED) is 0.813. The lowest BCUT2D eigenvalue weighted by molar-refractivity contribution is 0.146. The maximum absolute atomic E-state index is 5.72. The van der Waals surface area contributed by atoms with Gasteiger partial charge in [-0.05, 0) is 62.0 Å². The zero-order valence-corrected chi connectivity index (χ0v) is 11.4. The maximum atomic E-state index is 5.72. The Morgan fingerprint density at radius 2 is 1.94 bits per heavy atom. The van der Waals surface area contributed by atoms with Crippen LogP contribution in [0.15, 0.2) is 18.2 Å². The predicted octanol–water partition coefficient (Wildman–Crippen LogP) is 2.49. The van der Waals surface area contributed by atoms with Crippen LogP contribution in [0.4, 0.5) is 0 Å².